The summed E-state index contributed by atoms with van der Waals surface area (Å²) in [6.45, 7) is 0. The summed E-state index contributed by atoms with van der Waals surface area (Å²) in [7, 11) is 0. The van der Waals surface area contributed by atoms with Gasteiger partial charge in [0.2, 0.25) is 23.3 Å². The minimum atomic E-state index is -2.60. The van der Waals surface area contributed by atoms with Gasteiger partial charge in [0.1, 0.15) is 0 Å². The average Bonchev–Trinajstić information content (AvgIpc) is 1.62. The van der Waals surface area contributed by atoms with Crippen molar-refractivity contribution in [1.82, 2.24) is 9.97 Å². The number of rotatable bonds is 4. The molecule has 2 fully saturated rings. The Morgan fingerprint density at radius 3 is 0.889 bits per heavy atom. The lowest BCUT2D eigenvalue weighted by molar-refractivity contribution is 0.333. The molecule has 0 saturated heterocycles. The van der Waals surface area contributed by atoms with Crippen LogP contribution in [0.5, 0.6) is 0 Å². The number of hydrogen-bond acceptors (Lipinski definition) is 4. The molecule has 2 N–H and O–H groups in total. The molecule has 0 amide bonds. The van der Waals surface area contributed by atoms with Crippen LogP contribution in [-0.4, -0.2) is 33.8 Å². The first-order chi connectivity index (χ1) is 42.9. The van der Waals surface area contributed by atoms with Crippen molar-refractivity contribution in [2.75, 3.05) is 0 Å². The Hall–Kier alpha value is -9.36. The van der Waals surface area contributed by atoms with Gasteiger partial charge in [0.05, 0.1) is 67.3 Å². The molecule has 2 aliphatic carbocycles. The fraction of sp³-hybridized carbons (Fsp3) is 0.188. The van der Waals surface area contributed by atoms with Crippen molar-refractivity contribution in [3.63, 3.8) is 0 Å². The molecule has 6 nitrogen and oxygen atoms in total. The summed E-state index contributed by atoms with van der Waals surface area (Å²) in [5.41, 5.74) is -18.4. The van der Waals surface area contributed by atoms with Gasteiger partial charge in [-0.05, 0) is 86.4 Å². The number of aromatic amines is 2. The van der Waals surface area contributed by atoms with Crippen molar-refractivity contribution >= 4 is 46.1 Å². The normalized spacial score (nSPS) is 21.7. The third-order valence-corrected chi connectivity index (χ3v) is 17.3. The fourth-order valence-corrected chi connectivity index (χ4v) is 13.0. The molecule has 12 bridgehead atoms. The quantitative estimate of drug-likeness (QED) is 0.100. The van der Waals surface area contributed by atoms with Crippen LogP contribution in [-0.2, 0) is 5.41 Å². The van der Waals surface area contributed by atoms with Gasteiger partial charge in [0.15, 0.2) is 93.1 Å². The zero-order chi connectivity index (χ0) is 63.9. The monoisotopic (exact) mass is 1270 g/mol. The first kappa shape index (κ1) is 59.6. The van der Waals surface area contributed by atoms with Crippen LogP contribution in [0.15, 0.2) is 115 Å². The van der Waals surface area contributed by atoms with Crippen LogP contribution < -0.4 is 0 Å². The first-order valence-corrected chi connectivity index (χ1v) is 27.4. The third kappa shape index (κ3) is 8.76. The predicted octanol–water partition coefficient (Wildman–Crippen LogP) is 17.7. The standard InChI is InChI=1S/C64H34F20N6/c65-43-39(44(66)52(74)59(81)51(43)73)35-23-19-29(85-21-23)37(41-47(69)55(77)61(83)56(78)48(41)70)27-9-13-33(89-27)64(17-5-2-6-18-64)34-14-10-28(90-34)38(42-49(71)57(79)62(84)58(80)50(42)72)30-20-24(22-86-30)36(40-45(67)53(75)60(82)54(76)46(40)68)26-8-12-32(88-26)63(15-3-1-4-16-63)31-11-7-25(35)87-31/h7-14,19-22,87-88H,1-6,15-18H2/b35-23-,36-24-,37-27+,38-28+. The van der Waals surface area contributed by atoms with Gasteiger partial charge in [0.25, 0.3) is 0 Å². The summed E-state index contributed by atoms with van der Waals surface area (Å²) < 4.78 is 315. The predicted molar refractivity (Wildman–Crippen MR) is 288 cm³/mol. The van der Waals surface area contributed by atoms with Crippen LogP contribution in [0.25, 0.3) is 22.3 Å². The smallest absolute Gasteiger partial charge is 0.200 e. The minimum absolute atomic E-state index is 0.0191. The van der Waals surface area contributed by atoms with E-state index >= 15 is 70.2 Å². The third-order valence-electron chi connectivity index (χ3n) is 17.3. The highest BCUT2D eigenvalue weighted by atomic mass is 19.2. The molecule has 6 aromatic rings. The SMILES string of the molecule is Fc1c(F)c(F)c(/C2=C3\C=CC(=N3)C3(CCCCC3)C3=N/C(=C(/c4c(F)c(F)c(F)c(F)c4F)C4=C/C(=C(/c5c(F)c(F)c(F)c(F)c5F)c5ccc([nH]5)C5(CCCCC5)c5ccc([nH]5)/C(c5c(F)c(F)c(F)c(F)c5F)=C5/C=NC2=C5)C=N4)C=C3)c(F)c1F. The molecule has 5 aliphatic heterocycles. The van der Waals surface area contributed by atoms with E-state index in [1.165, 1.54) is 24.3 Å². The lowest BCUT2D eigenvalue weighted by Gasteiger charge is -2.36. The molecule has 26 heteroatoms. The number of aromatic nitrogens is 2. The van der Waals surface area contributed by atoms with E-state index in [4.69, 9.17) is 0 Å². The number of fused-ring (bicyclic) bond motifs is 12. The fourth-order valence-electron chi connectivity index (χ4n) is 13.0. The van der Waals surface area contributed by atoms with E-state index in [9.17, 15) is 17.6 Å². The molecule has 460 valence electrons. The molecule has 7 aliphatic rings. The molecule has 2 saturated carbocycles. The molecule has 0 unspecified atom stereocenters. The minimum Gasteiger partial charge on any atom is -0.358 e. The van der Waals surface area contributed by atoms with Crippen LogP contribution in [0.1, 0.15) is 109 Å². The second-order valence-electron chi connectivity index (χ2n) is 22.1. The Labute approximate surface area is 493 Å². The summed E-state index contributed by atoms with van der Waals surface area (Å²) >= 11 is 0. The van der Waals surface area contributed by atoms with E-state index < -0.39 is 217 Å². The van der Waals surface area contributed by atoms with Crippen LogP contribution in [0.3, 0.4) is 0 Å². The van der Waals surface area contributed by atoms with Crippen molar-refractivity contribution in [3.05, 3.63) is 256 Å². The zero-order valence-corrected chi connectivity index (χ0v) is 45.3. The molecular formula is C64H34F20N6. The van der Waals surface area contributed by atoms with E-state index in [1.807, 2.05) is 0 Å². The van der Waals surface area contributed by atoms with E-state index in [-0.39, 0.29) is 48.5 Å². The van der Waals surface area contributed by atoms with Crippen LogP contribution in [0.4, 0.5) is 87.8 Å². The highest BCUT2D eigenvalue weighted by Gasteiger charge is 2.46. The summed E-state index contributed by atoms with van der Waals surface area (Å²) in [6.07, 6.45) is 10.1. The number of benzene rings is 4. The number of nitrogens with one attached hydrogen (secondary N) is 2. The van der Waals surface area contributed by atoms with Gasteiger partial charge in [0, 0.05) is 68.6 Å². The number of H-pyrrole nitrogens is 2. The zero-order valence-electron chi connectivity index (χ0n) is 45.3. The molecule has 0 atom stereocenters. The van der Waals surface area contributed by atoms with Crippen molar-refractivity contribution < 1.29 is 87.8 Å². The van der Waals surface area contributed by atoms with Crippen LogP contribution >= 0.6 is 0 Å². The maximum Gasteiger partial charge on any atom is 0.200 e. The van der Waals surface area contributed by atoms with Crippen molar-refractivity contribution in [1.29, 1.82) is 0 Å². The maximum atomic E-state index is 16.4. The van der Waals surface area contributed by atoms with Gasteiger partial charge >= 0.3 is 0 Å². The Morgan fingerprint density at radius 2 is 0.578 bits per heavy atom. The molecule has 2 spiro atoms. The Morgan fingerprint density at radius 1 is 0.300 bits per heavy atom. The molecule has 0 radical (unpaired) electrons. The van der Waals surface area contributed by atoms with E-state index in [0.717, 1.165) is 48.9 Å². The van der Waals surface area contributed by atoms with Crippen LogP contribution in [0, 0.1) is 122 Å². The Balaban J connectivity index is 1.17. The second kappa shape index (κ2) is 21.7. The molecule has 2 aromatic heterocycles. The average molecular weight is 1270 g/mol. The van der Waals surface area contributed by atoms with Gasteiger partial charge < -0.3 is 9.97 Å². The molecule has 4 aromatic carbocycles. The van der Waals surface area contributed by atoms with Gasteiger partial charge in [-0.15, -0.1) is 0 Å². The summed E-state index contributed by atoms with van der Waals surface area (Å²) in [5.74, 6) is -49.4. The summed E-state index contributed by atoms with van der Waals surface area (Å²) in [4.78, 5) is 23.6. The van der Waals surface area contributed by atoms with E-state index in [2.05, 4.69) is 29.9 Å². The van der Waals surface area contributed by atoms with Crippen LogP contribution in [0.2, 0.25) is 0 Å². The van der Waals surface area contributed by atoms with E-state index in [1.54, 1.807) is 0 Å². The van der Waals surface area contributed by atoms with Gasteiger partial charge in [-0.1, -0.05) is 38.5 Å². The number of halogens is 20. The molecule has 90 heavy (non-hydrogen) atoms. The molecule has 7 heterocycles. The second-order valence-corrected chi connectivity index (χ2v) is 22.1. The topological polar surface area (TPSA) is 81.0 Å². The summed E-state index contributed by atoms with van der Waals surface area (Å²) in [6, 6.07) is 4.84. The highest BCUT2D eigenvalue weighted by Crippen LogP contribution is 2.51. The number of nitrogens with zero attached hydrogens (tertiary/aromatic N) is 4. The largest absolute Gasteiger partial charge is 0.358 e. The van der Waals surface area contributed by atoms with Crippen molar-refractivity contribution in [2.24, 2.45) is 25.4 Å². The molecular weight excluding hydrogens is 1230 g/mol. The number of allylic oxidation sites excluding steroid dienone is 10. The lowest BCUT2D eigenvalue weighted by Crippen LogP contribution is -2.38. The van der Waals surface area contributed by atoms with Gasteiger partial charge in [-0.25, -0.2) is 87.8 Å². The first-order valence-electron chi connectivity index (χ1n) is 27.4. The van der Waals surface area contributed by atoms with Gasteiger partial charge in [-0.2, -0.15) is 0 Å². The van der Waals surface area contributed by atoms with Gasteiger partial charge in [-0.3, -0.25) is 20.0 Å². The lowest BCUT2D eigenvalue weighted by atomic mass is 9.67. The molecule has 13 rings (SSSR count). The number of hydrogen-bond donors (Lipinski definition) is 2. The maximum absolute atomic E-state index is 16.4. The van der Waals surface area contributed by atoms with E-state index in [0.29, 0.717) is 38.5 Å². The Kier molecular flexibility index (Phi) is 14.4. The highest BCUT2D eigenvalue weighted by molar-refractivity contribution is 6.23. The Bertz CT molecular complexity index is 4260. The van der Waals surface area contributed by atoms with Crippen molar-refractivity contribution in [2.45, 2.75) is 69.6 Å². The summed E-state index contributed by atoms with van der Waals surface area (Å²) in [5, 5.41) is 0. The van der Waals surface area contributed by atoms with Crippen molar-refractivity contribution in [3.8, 4) is 0 Å². The number of aliphatic imine (C=N–C) groups is 4.